The van der Waals surface area contributed by atoms with Crippen molar-refractivity contribution in [3.8, 4) is 0 Å². The first kappa shape index (κ1) is 18.2. The largest absolute Gasteiger partial charge is 0.339 e. The van der Waals surface area contributed by atoms with Crippen molar-refractivity contribution in [1.29, 1.82) is 0 Å². The van der Waals surface area contributed by atoms with Gasteiger partial charge in [0.2, 0.25) is 5.91 Å². The van der Waals surface area contributed by atoms with Crippen LogP contribution >= 0.6 is 23.2 Å². The second kappa shape index (κ2) is 8.21. The Morgan fingerprint density at radius 3 is 2.58 bits per heavy atom. The third-order valence-corrected chi connectivity index (χ3v) is 4.65. The van der Waals surface area contributed by atoms with Crippen molar-refractivity contribution in [3.05, 3.63) is 94.0 Å². The Hall–Kier alpha value is -2.56. The van der Waals surface area contributed by atoms with Crippen LogP contribution in [0.15, 0.2) is 67.0 Å². The molecule has 0 bridgehead atoms. The number of aromatic nitrogens is 2. The molecule has 1 amide bonds. The summed E-state index contributed by atoms with van der Waals surface area (Å²) in [7, 11) is 1.90. The molecule has 132 valence electrons. The van der Waals surface area contributed by atoms with Gasteiger partial charge in [-0.2, -0.15) is 0 Å². The number of nitrogens with zero attached hydrogens (tertiary/aromatic N) is 2. The van der Waals surface area contributed by atoms with E-state index in [4.69, 9.17) is 23.2 Å². The van der Waals surface area contributed by atoms with Gasteiger partial charge in [-0.25, -0.2) is 4.98 Å². The van der Waals surface area contributed by atoms with Gasteiger partial charge in [0.25, 0.3) is 0 Å². The molecule has 1 atom stereocenters. The average Bonchev–Trinajstić information content (AvgIpc) is 3.07. The summed E-state index contributed by atoms with van der Waals surface area (Å²) in [5.74, 6) is 0.528. The zero-order chi connectivity index (χ0) is 18.5. The number of hydrogen-bond acceptors (Lipinski definition) is 2. The summed E-state index contributed by atoms with van der Waals surface area (Å²) in [5, 5.41) is 3.93. The van der Waals surface area contributed by atoms with Crippen molar-refractivity contribution in [1.82, 2.24) is 14.9 Å². The number of carbonyl (C=O) groups is 1. The van der Waals surface area contributed by atoms with E-state index in [1.807, 2.05) is 48.1 Å². The molecule has 1 unspecified atom stereocenters. The maximum Gasteiger partial charge on any atom is 0.244 e. The molecule has 0 fully saturated rings. The van der Waals surface area contributed by atoms with Crippen LogP contribution in [0.2, 0.25) is 10.0 Å². The fourth-order valence-corrected chi connectivity index (χ4v) is 2.88. The minimum absolute atomic E-state index is 0.229. The van der Waals surface area contributed by atoms with Crippen LogP contribution in [-0.2, 0) is 11.8 Å². The molecule has 26 heavy (non-hydrogen) atoms. The van der Waals surface area contributed by atoms with Crippen molar-refractivity contribution in [3.63, 3.8) is 0 Å². The Morgan fingerprint density at radius 1 is 1.15 bits per heavy atom. The van der Waals surface area contributed by atoms with E-state index >= 15 is 0 Å². The number of hydrogen-bond donors (Lipinski definition) is 1. The molecular formula is C20H17Cl2N3O. The van der Waals surface area contributed by atoms with Crippen LogP contribution in [0, 0.1) is 0 Å². The fraction of sp³-hybridized carbons (Fsp3) is 0.100. The SMILES string of the molecule is Cn1ccnc1C(NC(=O)/C=C/c1ccc(Cl)c(Cl)c1)c1ccccc1. The molecule has 0 saturated heterocycles. The lowest BCUT2D eigenvalue weighted by Gasteiger charge is -2.18. The number of aryl methyl sites for hydroxylation is 1. The second-order valence-electron chi connectivity index (χ2n) is 5.76. The smallest absolute Gasteiger partial charge is 0.244 e. The van der Waals surface area contributed by atoms with E-state index in [2.05, 4.69) is 10.3 Å². The van der Waals surface area contributed by atoms with Crippen molar-refractivity contribution in [2.45, 2.75) is 6.04 Å². The van der Waals surface area contributed by atoms with Gasteiger partial charge in [0.05, 0.1) is 10.0 Å². The number of rotatable bonds is 5. The average molecular weight is 386 g/mol. The molecule has 2 aromatic carbocycles. The first-order valence-corrected chi connectivity index (χ1v) is 8.76. The number of imidazole rings is 1. The molecule has 1 N–H and O–H groups in total. The van der Waals surface area contributed by atoms with Crippen LogP contribution in [-0.4, -0.2) is 15.5 Å². The molecule has 0 spiro atoms. The molecule has 0 aliphatic carbocycles. The van der Waals surface area contributed by atoms with Gasteiger partial charge in [0, 0.05) is 25.5 Å². The molecule has 0 saturated carbocycles. The lowest BCUT2D eigenvalue weighted by atomic mass is 10.1. The number of carbonyl (C=O) groups excluding carboxylic acids is 1. The first-order valence-electron chi connectivity index (χ1n) is 8.00. The molecule has 0 radical (unpaired) electrons. The summed E-state index contributed by atoms with van der Waals surface area (Å²) in [4.78, 5) is 16.8. The van der Waals surface area contributed by atoms with E-state index in [9.17, 15) is 4.79 Å². The summed E-state index contributed by atoms with van der Waals surface area (Å²) < 4.78 is 1.89. The second-order valence-corrected chi connectivity index (χ2v) is 6.57. The third kappa shape index (κ3) is 4.34. The summed E-state index contributed by atoms with van der Waals surface area (Å²) in [6, 6.07) is 14.6. The first-order chi connectivity index (χ1) is 12.5. The van der Waals surface area contributed by atoms with Gasteiger partial charge < -0.3 is 9.88 Å². The minimum atomic E-state index is -0.345. The zero-order valence-corrected chi connectivity index (χ0v) is 15.6. The van der Waals surface area contributed by atoms with Gasteiger partial charge in [0.15, 0.2) is 0 Å². The Kier molecular flexibility index (Phi) is 5.76. The molecule has 1 aromatic heterocycles. The van der Waals surface area contributed by atoms with E-state index in [0.29, 0.717) is 10.0 Å². The van der Waals surface area contributed by atoms with Crippen LogP contribution in [0.1, 0.15) is 23.0 Å². The summed E-state index contributed by atoms with van der Waals surface area (Å²) in [6.45, 7) is 0. The Labute approximate surface area is 162 Å². The predicted molar refractivity (Wildman–Crippen MR) is 105 cm³/mol. The number of benzene rings is 2. The maximum absolute atomic E-state index is 12.5. The van der Waals surface area contributed by atoms with Gasteiger partial charge in [0.1, 0.15) is 11.9 Å². The van der Waals surface area contributed by atoms with Crippen molar-refractivity contribution < 1.29 is 4.79 Å². The van der Waals surface area contributed by atoms with Crippen LogP contribution in [0.4, 0.5) is 0 Å². The molecule has 0 aliphatic heterocycles. The zero-order valence-electron chi connectivity index (χ0n) is 14.1. The summed E-state index contributed by atoms with van der Waals surface area (Å²) >= 11 is 11.9. The highest BCUT2D eigenvalue weighted by molar-refractivity contribution is 6.42. The van der Waals surface area contributed by atoms with Crippen LogP contribution in [0.25, 0.3) is 6.08 Å². The predicted octanol–water partition coefficient (Wildman–Crippen LogP) is 4.65. The molecule has 6 heteroatoms. The highest BCUT2D eigenvalue weighted by atomic mass is 35.5. The van der Waals surface area contributed by atoms with E-state index in [1.54, 1.807) is 30.5 Å². The maximum atomic E-state index is 12.5. The highest BCUT2D eigenvalue weighted by Gasteiger charge is 2.19. The van der Waals surface area contributed by atoms with E-state index in [-0.39, 0.29) is 11.9 Å². The molecule has 4 nitrogen and oxygen atoms in total. The topological polar surface area (TPSA) is 46.9 Å². The van der Waals surface area contributed by atoms with E-state index < -0.39 is 0 Å². The van der Waals surface area contributed by atoms with Crippen molar-refractivity contribution in [2.24, 2.45) is 7.05 Å². The van der Waals surface area contributed by atoms with Gasteiger partial charge in [-0.15, -0.1) is 0 Å². The molecule has 3 aromatic rings. The third-order valence-electron chi connectivity index (χ3n) is 3.91. The molecule has 1 heterocycles. The standard InChI is InChI=1S/C20H17Cl2N3O/c1-25-12-11-23-20(25)19(15-5-3-2-4-6-15)24-18(26)10-8-14-7-9-16(21)17(22)13-14/h2-13,19H,1H3,(H,24,26)/b10-8+. The van der Waals surface area contributed by atoms with Gasteiger partial charge in [-0.1, -0.05) is 59.6 Å². The number of halogens is 2. The van der Waals surface area contributed by atoms with E-state index in [0.717, 1.165) is 17.0 Å². The van der Waals surface area contributed by atoms with Crippen LogP contribution < -0.4 is 5.32 Å². The van der Waals surface area contributed by atoms with Crippen LogP contribution in [0.3, 0.4) is 0 Å². The molecule has 3 rings (SSSR count). The van der Waals surface area contributed by atoms with Gasteiger partial charge in [-0.05, 0) is 29.3 Å². The Bertz CT molecular complexity index is 935. The normalized spacial score (nSPS) is 12.3. The van der Waals surface area contributed by atoms with Gasteiger partial charge >= 0.3 is 0 Å². The number of amides is 1. The fourth-order valence-electron chi connectivity index (χ4n) is 2.58. The van der Waals surface area contributed by atoms with Crippen LogP contribution in [0.5, 0.6) is 0 Å². The van der Waals surface area contributed by atoms with Crippen molar-refractivity contribution >= 4 is 35.2 Å². The van der Waals surface area contributed by atoms with E-state index in [1.165, 1.54) is 6.08 Å². The summed E-state index contributed by atoms with van der Waals surface area (Å²) in [5.41, 5.74) is 1.75. The monoisotopic (exact) mass is 385 g/mol. The lowest BCUT2D eigenvalue weighted by Crippen LogP contribution is -2.29. The summed E-state index contributed by atoms with van der Waals surface area (Å²) in [6.07, 6.45) is 6.72. The molecule has 0 aliphatic rings. The Morgan fingerprint density at radius 2 is 1.92 bits per heavy atom. The highest BCUT2D eigenvalue weighted by Crippen LogP contribution is 2.23. The van der Waals surface area contributed by atoms with Crippen molar-refractivity contribution in [2.75, 3.05) is 0 Å². The minimum Gasteiger partial charge on any atom is -0.339 e. The Balaban J connectivity index is 1.80. The number of nitrogens with one attached hydrogen (secondary N) is 1. The lowest BCUT2D eigenvalue weighted by molar-refractivity contribution is -0.117. The quantitative estimate of drug-likeness (QED) is 0.649. The molecular weight excluding hydrogens is 369 g/mol. The van der Waals surface area contributed by atoms with Gasteiger partial charge in [-0.3, -0.25) is 4.79 Å².